The van der Waals surface area contributed by atoms with E-state index in [-0.39, 0.29) is 0 Å². The number of likely N-dealkylation sites (N-methyl/N-ethyl adjacent to an activating group) is 1. The van der Waals surface area contributed by atoms with Gasteiger partial charge in [-0.2, -0.15) is 0 Å². The molecule has 92 valence electrons. The first-order chi connectivity index (χ1) is 7.60. The van der Waals surface area contributed by atoms with Crippen LogP contribution in [-0.4, -0.2) is 34.6 Å². The minimum absolute atomic E-state index is 0.391. The Labute approximate surface area is 101 Å². The summed E-state index contributed by atoms with van der Waals surface area (Å²) < 4.78 is 26.5. The van der Waals surface area contributed by atoms with Gasteiger partial charge in [0.05, 0.1) is 26.2 Å². The average Bonchev–Trinajstić information content (AvgIpc) is 2.78. The summed E-state index contributed by atoms with van der Waals surface area (Å²) in [6, 6.07) is 3.37. The molecule has 0 amide bonds. The normalized spacial score (nSPS) is 12.2. The Bertz CT molecular complexity index is 383. The highest BCUT2D eigenvalue weighted by Crippen LogP contribution is 2.14. The standard InChI is InChI=1S/C10H18N2O2S2/c1-3-12(4-2)8-7-11-16(13,14)10-6-5-9-15-10/h5-6,9,11H,3-4,7-8H2,1-2H3/p+1. The number of hydrogen-bond donors (Lipinski definition) is 2. The molecule has 0 spiro atoms. The van der Waals surface area contributed by atoms with Crippen molar-refractivity contribution in [2.45, 2.75) is 18.1 Å². The molecule has 0 atom stereocenters. The summed E-state index contributed by atoms with van der Waals surface area (Å²) in [5.41, 5.74) is 0. The van der Waals surface area contributed by atoms with Crippen LogP contribution < -0.4 is 9.62 Å². The fraction of sp³-hybridized carbons (Fsp3) is 0.600. The van der Waals surface area contributed by atoms with E-state index in [4.69, 9.17) is 0 Å². The van der Waals surface area contributed by atoms with Crippen molar-refractivity contribution in [1.82, 2.24) is 4.72 Å². The number of thiophene rings is 1. The Balaban J connectivity index is 2.44. The van der Waals surface area contributed by atoms with E-state index in [1.165, 1.54) is 16.2 Å². The molecule has 6 heteroatoms. The number of rotatable bonds is 7. The van der Waals surface area contributed by atoms with Gasteiger partial charge in [-0.3, -0.25) is 0 Å². The fourth-order valence-electron chi connectivity index (χ4n) is 1.45. The highest BCUT2D eigenvalue weighted by molar-refractivity contribution is 7.91. The van der Waals surface area contributed by atoms with Gasteiger partial charge in [0.2, 0.25) is 10.0 Å². The molecule has 0 aliphatic heterocycles. The molecule has 0 aromatic carbocycles. The van der Waals surface area contributed by atoms with E-state index in [1.54, 1.807) is 17.5 Å². The molecular formula is C10H19N2O2S2+. The van der Waals surface area contributed by atoms with Crippen LogP contribution in [0, 0.1) is 0 Å². The molecule has 4 nitrogen and oxygen atoms in total. The summed E-state index contributed by atoms with van der Waals surface area (Å²) in [5.74, 6) is 0. The SMILES string of the molecule is CC[NH+](CC)CCNS(=O)(=O)c1cccs1. The van der Waals surface area contributed by atoms with Crippen LogP contribution in [0.25, 0.3) is 0 Å². The van der Waals surface area contributed by atoms with Crippen LogP contribution in [0.4, 0.5) is 0 Å². The monoisotopic (exact) mass is 263 g/mol. The lowest BCUT2D eigenvalue weighted by Crippen LogP contribution is -3.12. The minimum atomic E-state index is -3.27. The summed E-state index contributed by atoms with van der Waals surface area (Å²) >= 11 is 1.24. The topological polar surface area (TPSA) is 50.6 Å². The third-order valence-electron chi connectivity index (χ3n) is 2.53. The van der Waals surface area contributed by atoms with Gasteiger partial charge in [-0.15, -0.1) is 11.3 Å². The van der Waals surface area contributed by atoms with Crippen molar-refractivity contribution in [2.24, 2.45) is 0 Å². The molecule has 0 fully saturated rings. The molecule has 0 unspecified atom stereocenters. The van der Waals surface area contributed by atoms with Gasteiger partial charge >= 0.3 is 0 Å². The highest BCUT2D eigenvalue weighted by Gasteiger charge is 2.15. The number of nitrogens with one attached hydrogen (secondary N) is 2. The lowest BCUT2D eigenvalue weighted by atomic mass is 10.5. The summed E-state index contributed by atoms with van der Waals surface area (Å²) in [7, 11) is -3.27. The van der Waals surface area contributed by atoms with E-state index in [0.29, 0.717) is 10.8 Å². The molecule has 1 aromatic heterocycles. The van der Waals surface area contributed by atoms with Crippen molar-refractivity contribution in [3.63, 3.8) is 0 Å². The van der Waals surface area contributed by atoms with E-state index in [2.05, 4.69) is 18.6 Å². The predicted molar refractivity (Wildman–Crippen MR) is 66.4 cm³/mol. The van der Waals surface area contributed by atoms with Gasteiger partial charge in [-0.05, 0) is 25.3 Å². The van der Waals surface area contributed by atoms with Gasteiger partial charge in [0.25, 0.3) is 0 Å². The maximum Gasteiger partial charge on any atom is 0.250 e. The van der Waals surface area contributed by atoms with Crippen LogP contribution in [0.3, 0.4) is 0 Å². The van der Waals surface area contributed by atoms with Gasteiger partial charge in [0.15, 0.2) is 0 Å². The van der Waals surface area contributed by atoms with E-state index in [1.807, 2.05) is 0 Å². The van der Waals surface area contributed by atoms with Crippen molar-refractivity contribution in [3.8, 4) is 0 Å². The van der Waals surface area contributed by atoms with Crippen LogP contribution in [0.5, 0.6) is 0 Å². The van der Waals surface area contributed by atoms with Crippen LogP contribution >= 0.6 is 11.3 Å². The molecule has 0 saturated carbocycles. The Hall–Kier alpha value is -0.430. The summed E-state index contributed by atoms with van der Waals surface area (Å²) in [5, 5.41) is 1.77. The predicted octanol–water partition coefficient (Wildman–Crippen LogP) is -0.0489. The second kappa shape index (κ2) is 6.34. The third-order valence-corrected chi connectivity index (χ3v) is 5.39. The van der Waals surface area contributed by atoms with E-state index in [0.717, 1.165) is 19.6 Å². The fourth-order valence-corrected chi connectivity index (χ4v) is 3.52. The zero-order chi connectivity index (χ0) is 12.0. The van der Waals surface area contributed by atoms with Crippen molar-refractivity contribution in [2.75, 3.05) is 26.2 Å². The lowest BCUT2D eigenvalue weighted by Gasteiger charge is -2.15. The van der Waals surface area contributed by atoms with Crippen molar-refractivity contribution >= 4 is 21.4 Å². The summed E-state index contributed by atoms with van der Waals surface area (Å²) in [4.78, 5) is 1.40. The first kappa shape index (κ1) is 13.6. The molecular weight excluding hydrogens is 244 g/mol. The Morgan fingerprint density at radius 2 is 2.06 bits per heavy atom. The first-order valence-electron chi connectivity index (χ1n) is 5.47. The molecule has 1 heterocycles. The smallest absolute Gasteiger partial charge is 0.250 e. The maximum atomic E-state index is 11.7. The Morgan fingerprint density at radius 1 is 1.38 bits per heavy atom. The van der Waals surface area contributed by atoms with Gasteiger partial charge in [0, 0.05) is 0 Å². The molecule has 0 aliphatic carbocycles. The van der Waals surface area contributed by atoms with E-state index < -0.39 is 10.0 Å². The zero-order valence-corrected chi connectivity index (χ0v) is 11.3. The first-order valence-corrected chi connectivity index (χ1v) is 7.83. The Kier molecular flexibility index (Phi) is 5.40. The third kappa shape index (κ3) is 3.86. The summed E-state index contributed by atoms with van der Waals surface area (Å²) in [6.45, 7) is 7.59. The van der Waals surface area contributed by atoms with Crippen LogP contribution in [0.1, 0.15) is 13.8 Å². The average molecular weight is 263 g/mol. The number of hydrogen-bond acceptors (Lipinski definition) is 3. The minimum Gasteiger partial charge on any atom is -0.334 e. The summed E-state index contributed by atoms with van der Waals surface area (Å²) in [6.07, 6.45) is 0. The Morgan fingerprint density at radius 3 is 2.56 bits per heavy atom. The van der Waals surface area contributed by atoms with Gasteiger partial charge in [-0.1, -0.05) is 6.07 Å². The van der Waals surface area contributed by atoms with Crippen LogP contribution in [0.2, 0.25) is 0 Å². The number of quaternary nitrogens is 1. The largest absolute Gasteiger partial charge is 0.334 e. The zero-order valence-electron chi connectivity index (χ0n) is 9.69. The van der Waals surface area contributed by atoms with Gasteiger partial charge in [0.1, 0.15) is 4.21 Å². The molecule has 0 saturated heterocycles. The highest BCUT2D eigenvalue weighted by atomic mass is 32.2. The van der Waals surface area contributed by atoms with Gasteiger partial charge in [-0.25, -0.2) is 13.1 Å². The van der Waals surface area contributed by atoms with Crippen molar-refractivity contribution in [3.05, 3.63) is 17.5 Å². The van der Waals surface area contributed by atoms with Gasteiger partial charge < -0.3 is 4.90 Å². The molecule has 16 heavy (non-hydrogen) atoms. The van der Waals surface area contributed by atoms with Crippen molar-refractivity contribution in [1.29, 1.82) is 0 Å². The molecule has 2 N–H and O–H groups in total. The maximum absolute atomic E-state index is 11.7. The second-order valence-corrected chi connectivity index (χ2v) is 6.48. The van der Waals surface area contributed by atoms with Crippen molar-refractivity contribution < 1.29 is 13.3 Å². The van der Waals surface area contributed by atoms with E-state index >= 15 is 0 Å². The quantitative estimate of drug-likeness (QED) is 0.725. The molecule has 0 radical (unpaired) electrons. The van der Waals surface area contributed by atoms with Crippen LogP contribution in [0.15, 0.2) is 21.7 Å². The lowest BCUT2D eigenvalue weighted by molar-refractivity contribution is -0.895. The molecule has 1 rings (SSSR count). The van der Waals surface area contributed by atoms with Crippen LogP contribution in [-0.2, 0) is 10.0 Å². The second-order valence-electron chi connectivity index (χ2n) is 3.54. The number of sulfonamides is 1. The van der Waals surface area contributed by atoms with E-state index in [9.17, 15) is 8.42 Å². The molecule has 1 aromatic rings. The molecule has 0 aliphatic rings. The molecule has 0 bridgehead atoms.